The monoisotopic (exact) mass is 404 g/mol. The maximum absolute atomic E-state index is 6.14. The molecule has 1 aromatic carbocycles. The number of benzene rings is 1. The third kappa shape index (κ3) is 4.43. The number of nitrogens with zero attached hydrogens (tertiary/aromatic N) is 4. The molecule has 8 heteroatoms. The number of quaternary nitrogens is 2. The van der Waals surface area contributed by atoms with Gasteiger partial charge in [0.15, 0.2) is 6.04 Å². The molecule has 2 aliphatic heterocycles. The molecule has 0 amide bonds. The van der Waals surface area contributed by atoms with Crippen LogP contribution in [-0.2, 0) is 11.3 Å². The van der Waals surface area contributed by atoms with Gasteiger partial charge in [0.25, 0.3) is 0 Å². The molecule has 4 rings (SSSR count). The Morgan fingerprint density at radius 1 is 1.25 bits per heavy atom. The third-order valence-corrected chi connectivity index (χ3v) is 6.11. The molecule has 28 heavy (non-hydrogen) atoms. The second kappa shape index (κ2) is 9.13. The van der Waals surface area contributed by atoms with Crippen LogP contribution in [0.2, 0.25) is 5.02 Å². The van der Waals surface area contributed by atoms with Gasteiger partial charge in [-0.3, -0.25) is 0 Å². The Labute approximate surface area is 170 Å². The lowest BCUT2D eigenvalue weighted by Gasteiger charge is -2.34. The Morgan fingerprint density at radius 2 is 2.04 bits per heavy atom. The van der Waals surface area contributed by atoms with E-state index in [4.69, 9.17) is 16.3 Å². The van der Waals surface area contributed by atoms with Gasteiger partial charge < -0.3 is 14.5 Å². The molecular weight excluding hydrogens is 376 g/mol. The van der Waals surface area contributed by atoms with E-state index in [-0.39, 0.29) is 12.1 Å². The van der Waals surface area contributed by atoms with Gasteiger partial charge in [0.05, 0.1) is 19.2 Å². The summed E-state index contributed by atoms with van der Waals surface area (Å²) in [7, 11) is 0. The molecule has 2 aliphatic rings. The van der Waals surface area contributed by atoms with Gasteiger partial charge in [0, 0.05) is 17.2 Å². The fourth-order valence-corrected chi connectivity index (χ4v) is 4.50. The van der Waals surface area contributed by atoms with Crippen LogP contribution >= 0.6 is 11.6 Å². The lowest BCUT2D eigenvalue weighted by molar-refractivity contribution is -1.02. The van der Waals surface area contributed by atoms with Gasteiger partial charge in [-0.1, -0.05) is 30.3 Å². The highest BCUT2D eigenvalue weighted by molar-refractivity contribution is 6.30. The van der Waals surface area contributed by atoms with Crippen molar-refractivity contribution in [3.8, 4) is 0 Å². The number of aromatic nitrogens is 4. The summed E-state index contributed by atoms with van der Waals surface area (Å²) >= 11 is 6.14. The molecule has 0 radical (unpaired) electrons. The van der Waals surface area contributed by atoms with E-state index >= 15 is 0 Å². The van der Waals surface area contributed by atoms with E-state index in [1.807, 2.05) is 22.9 Å². The lowest BCUT2D eigenvalue weighted by Crippen LogP contribution is -3.28. The molecule has 2 N–H and O–H groups in total. The second-order valence-corrected chi connectivity index (χ2v) is 8.18. The van der Waals surface area contributed by atoms with E-state index < -0.39 is 0 Å². The van der Waals surface area contributed by atoms with E-state index in [1.165, 1.54) is 10.5 Å². The van der Waals surface area contributed by atoms with Crippen molar-refractivity contribution in [3.05, 3.63) is 53.3 Å². The molecule has 150 valence electrons. The van der Waals surface area contributed by atoms with Gasteiger partial charge in [0.1, 0.15) is 26.2 Å². The second-order valence-electron chi connectivity index (χ2n) is 7.74. The quantitative estimate of drug-likeness (QED) is 0.614. The molecule has 7 nitrogen and oxygen atoms in total. The van der Waals surface area contributed by atoms with Crippen LogP contribution in [0.15, 0.2) is 36.9 Å². The van der Waals surface area contributed by atoms with E-state index in [1.54, 1.807) is 4.90 Å². The van der Waals surface area contributed by atoms with E-state index in [9.17, 15) is 0 Å². The van der Waals surface area contributed by atoms with Crippen molar-refractivity contribution >= 4 is 11.6 Å². The van der Waals surface area contributed by atoms with Gasteiger partial charge in [-0.15, -0.1) is 5.10 Å². The summed E-state index contributed by atoms with van der Waals surface area (Å²) in [5.74, 6) is 0.917. The molecule has 0 spiro atoms. The Hall–Kier alpha value is -1.80. The molecular formula is C20H29ClN6O+2. The molecule has 0 aliphatic carbocycles. The normalized spacial score (nSPS) is 26.2. The number of nitrogens with one attached hydrogen (secondary N) is 2. The van der Waals surface area contributed by atoms with Crippen LogP contribution < -0.4 is 9.80 Å². The largest absolute Gasteiger partial charge is 0.376 e. The van der Waals surface area contributed by atoms with Crippen LogP contribution in [0.25, 0.3) is 0 Å². The fraction of sp³-hybridized carbons (Fsp3) is 0.550. The molecule has 2 fully saturated rings. The van der Waals surface area contributed by atoms with Crippen molar-refractivity contribution in [1.82, 2.24) is 20.2 Å². The fourth-order valence-electron chi connectivity index (χ4n) is 4.37. The number of halogens is 1. The predicted molar refractivity (Wildman–Crippen MR) is 107 cm³/mol. The van der Waals surface area contributed by atoms with Crippen LogP contribution in [0, 0.1) is 0 Å². The minimum atomic E-state index is 0.0963. The number of rotatable bonds is 7. The summed E-state index contributed by atoms with van der Waals surface area (Å²) in [4.78, 5) is 3.09. The van der Waals surface area contributed by atoms with Gasteiger partial charge in [0.2, 0.25) is 5.82 Å². The van der Waals surface area contributed by atoms with Crippen molar-refractivity contribution in [2.45, 2.75) is 31.5 Å². The first-order valence-corrected chi connectivity index (χ1v) is 10.5. The summed E-state index contributed by atoms with van der Waals surface area (Å²) < 4.78 is 7.77. The highest BCUT2D eigenvalue weighted by Gasteiger charge is 2.35. The van der Waals surface area contributed by atoms with Crippen LogP contribution in [0.3, 0.4) is 0 Å². The van der Waals surface area contributed by atoms with Gasteiger partial charge in [-0.2, -0.15) is 0 Å². The van der Waals surface area contributed by atoms with E-state index in [2.05, 4.69) is 34.2 Å². The average molecular weight is 405 g/mol. The smallest absolute Gasteiger partial charge is 0.214 e. The number of hydrogen-bond donors (Lipinski definition) is 2. The Kier molecular flexibility index (Phi) is 6.36. The van der Waals surface area contributed by atoms with Crippen LogP contribution in [0.4, 0.5) is 0 Å². The summed E-state index contributed by atoms with van der Waals surface area (Å²) in [6.45, 7) is 10.9. The summed E-state index contributed by atoms with van der Waals surface area (Å²) in [5, 5.41) is 13.5. The maximum Gasteiger partial charge on any atom is 0.214 e. The zero-order valence-corrected chi connectivity index (χ0v) is 16.9. The number of hydrogen-bond acceptors (Lipinski definition) is 4. The zero-order chi connectivity index (χ0) is 19.3. The van der Waals surface area contributed by atoms with E-state index in [0.717, 1.165) is 63.0 Å². The lowest BCUT2D eigenvalue weighted by atomic mass is 10.0. The standard InChI is InChI=1S/C20H27ClN6O/c1-2-9-25-10-12-26(13-11-25)19(16-5-7-17(21)8-6-16)20-22-23-24-27(20)15-18-4-3-14-28-18/h2,5-8,18-19H,1,3-4,9-15H2/p+2/t18-,19-/m1/s1. The Morgan fingerprint density at radius 3 is 2.71 bits per heavy atom. The summed E-state index contributed by atoms with van der Waals surface area (Å²) in [6.07, 6.45) is 4.40. The average Bonchev–Trinajstić information content (AvgIpc) is 3.38. The molecule has 2 saturated heterocycles. The van der Waals surface area contributed by atoms with E-state index in [0.29, 0.717) is 6.54 Å². The van der Waals surface area contributed by atoms with Crippen LogP contribution in [0.1, 0.15) is 30.3 Å². The Balaban J connectivity index is 1.60. The molecule has 0 saturated carbocycles. The molecule has 0 bridgehead atoms. The van der Waals surface area contributed by atoms with Crippen molar-refractivity contribution < 1.29 is 14.5 Å². The first-order valence-electron chi connectivity index (χ1n) is 10.2. The first kappa shape index (κ1) is 19.5. The predicted octanol–water partition coefficient (Wildman–Crippen LogP) is -0.436. The third-order valence-electron chi connectivity index (χ3n) is 5.86. The van der Waals surface area contributed by atoms with Crippen molar-refractivity contribution in [2.75, 3.05) is 39.3 Å². The topological polar surface area (TPSA) is 61.7 Å². The molecule has 2 atom stereocenters. The minimum Gasteiger partial charge on any atom is -0.376 e. The molecule has 3 heterocycles. The molecule has 1 aromatic heterocycles. The van der Waals surface area contributed by atoms with Crippen molar-refractivity contribution in [2.24, 2.45) is 0 Å². The molecule has 0 unspecified atom stereocenters. The highest BCUT2D eigenvalue weighted by Crippen LogP contribution is 2.21. The zero-order valence-electron chi connectivity index (χ0n) is 16.2. The summed E-state index contributed by atoms with van der Waals surface area (Å²) in [6, 6.07) is 8.22. The number of piperazine rings is 1. The SMILES string of the molecule is C=CC[NH+]1CC[NH+]([C@H](c2ccc(Cl)cc2)c2nnnn2C[C@H]2CCCO2)CC1. The maximum atomic E-state index is 6.14. The minimum absolute atomic E-state index is 0.0963. The van der Waals surface area contributed by atoms with Gasteiger partial charge in [-0.05, 0) is 41.5 Å². The first-order chi connectivity index (χ1) is 13.7. The summed E-state index contributed by atoms with van der Waals surface area (Å²) in [5.41, 5.74) is 1.20. The Bertz CT molecular complexity index is 765. The van der Waals surface area contributed by atoms with Crippen LogP contribution in [0.5, 0.6) is 0 Å². The van der Waals surface area contributed by atoms with Gasteiger partial charge in [-0.25, -0.2) is 4.68 Å². The molecule has 2 aromatic rings. The van der Waals surface area contributed by atoms with Crippen LogP contribution in [-0.4, -0.2) is 65.6 Å². The highest BCUT2D eigenvalue weighted by atomic mass is 35.5. The van der Waals surface area contributed by atoms with Crippen molar-refractivity contribution in [3.63, 3.8) is 0 Å². The van der Waals surface area contributed by atoms with Crippen molar-refractivity contribution in [1.29, 1.82) is 0 Å². The number of ether oxygens (including phenoxy) is 1. The number of tetrazole rings is 1. The van der Waals surface area contributed by atoms with Gasteiger partial charge >= 0.3 is 0 Å².